The van der Waals surface area contributed by atoms with Crippen molar-refractivity contribution >= 4 is 0 Å². The van der Waals surface area contributed by atoms with Gasteiger partial charge >= 0.3 is 0 Å². The topological polar surface area (TPSA) is 51.6 Å². The van der Waals surface area contributed by atoms with E-state index < -0.39 is 0 Å². The maximum absolute atomic E-state index is 4.66. The van der Waals surface area contributed by atoms with E-state index in [9.17, 15) is 0 Å². The molecule has 0 bridgehead atoms. The number of nitrogens with zero attached hydrogens (tertiary/aromatic N) is 4. The zero-order valence-corrected chi connectivity index (χ0v) is 13.8. The smallest absolute Gasteiger partial charge is 0.163 e. The van der Waals surface area contributed by atoms with Gasteiger partial charge in [0.1, 0.15) is 5.82 Å². The summed E-state index contributed by atoms with van der Waals surface area (Å²) < 4.78 is 0. The van der Waals surface area contributed by atoms with E-state index in [1.54, 1.807) is 12.4 Å². The number of benzene rings is 2. The molecular weight excluding hydrogens is 308 g/mol. The van der Waals surface area contributed by atoms with Crippen molar-refractivity contribution < 1.29 is 0 Å². The average Bonchev–Trinajstić information content (AvgIpc) is 2.69. The van der Waals surface area contributed by atoms with E-state index in [0.717, 1.165) is 16.7 Å². The van der Waals surface area contributed by atoms with E-state index in [-0.39, 0.29) is 0 Å². The van der Waals surface area contributed by atoms with Gasteiger partial charge in [0.15, 0.2) is 11.6 Å². The summed E-state index contributed by atoms with van der Waals surface area (Å²) in [4.78, 5) is 17.7. The number of rotatable bonds is 3. The monoisotopic (exact) mass is 324 g/mol. The summed E-state index contributed by atoms with van der Waals surface area (Å²) in [5.41, 5.74) is 4.22. The van der Waals surface area contributed by atoms with Crippen molar-refractivity contribution in [2.24, 2.45) is 0 Å². The Kier molecular flexibility index (Phi) is 4.01. The molecule has 4 nitrogen and oxygen atoms in total. The lowest BCUT2D eigenvalue weighted by atomic mass is 10.0. The average molecular weight is 324 g/mol. The lowest BCUT2D eigenvalue weighted by Gasteiger charge is -2.07. The molecule has 0 aliphatic heterocycles. The first-order chi connectivity index (χ1) is 12.3. The highest BCUT2D eigenvalue weighted by Crippen LogP contribution is 2.25. The highest BCUT2D eigenvalue weighted by atomic mass is 15.0. The van der Waals surface area contributed by atoms with Gasteiger partial charge in [0.2, 0.25) is 0 Å². The van der Waals surface area contributed by atoms with Gasteiger partial charge in [0.25, 0.3) is 0 Å². The first-order valence-corrected chi connectivity index (χ1v) is 8.08. The molecule has 25 heavy (non-hydrogen) atoms. The van der Waals surface area contributed by atoms with E-state index in [0.29, 0.717) is 17.5 Å². The maximum atomic E-state index is 4.66. The standard InChI is InChI=1S/C21H16N4/c1-15-23-20(17-10-12-22-13-11-17)25-21(24-15)19-9-5-8-18(14-19)16-6-3-2-4-7-16/h2-14H,1H3. The van der Waals surface area contributed by atoms with Crippen molar-refractivity contribution in [1.82, 2.24) is 19.9 Å². The second-order valence-electron chi connectivity index (χ2n) is 5.71. The van der Waals surface area contributed by atoms with Crippen molar-refractivity contribution in [3.63, 3.8) is 0 Å². The lowest BCUT2D eigenvalue weighted by molar-refractivity contribution is 0.991. The Bertz CT molecular complexity index is 999. The van der Waals surface area contributed by atoms with Crippen LogP contribution in [0.4, 0.5) is 0 Å². The quantitative estimate of drug-likeness (QED) is 0.553. The minimum absolute atomic E-state index is 0.662. The van der Waals surface area contributed by atoms with Crippen LogP contribution in [0.2, 0.25) is 0 Å². The Labute approximate surface area is 146 Å². The molecule has 0 aliphatic carbocycles. The summed E-state index contributed by atoms with van der Waals surface area (Å²) in [6.07, 6.45) is 3.48. The third kappa shape index (κ3) is 3.28. The van der Waals surface area contributed by atoms with E-state index >= 15 is 0 Å². The normalized spacial score (nSPS) is 10.6. The molecule has 4 aromatic rings. The summed E-state index contributed by atoms with van der Waals surface area (Å²) in [6, 6.07) is 22.4. The molecule has 2 heterocycles. The molecule has 0 radical (unpaired) electrons. The fourth-order valence-corrected chi connectivity index (χ4v) is 2.71. The number of aromatic nitrogens is 4. The van der Waals surface area contributed by atoms with Gasteiger partial charge in [-0.1, -0.05) is 48.5 Å². The molecular formula is C21H16N4. The van der Waals surface area contributed by atoms with Crippen LogP contribution in [0.3, 0.4) is 0 Å². The minimum atomic E-state index is 0.662. The summed E-state index contributed by atoms with van der Waals surface area (Å²) in [5, 5.41) is 0. The van der Waals surface area contributed by atoms with E-state index in [1.807, 2.05) is 49.4 Å². The molecule has 0 saturated heterocycles. The second kappa shape index (κ2) is 6.61. The van der Waals surface area contributed by atoms with Crippen LogP contribution in [0.25, 0.3) is 33.9 Å². The van der Waals surface area contributed by atoms with Crippen molar-refractivity contribution in [2.75, 3.05) is 0 Å². The third-order valence-electron chi connectivity index (χ3n) is 3.91. The van der Waals surface area contributed by atoms with Gasteiger partial charge in [0.05, 0.1) is 0 Å². The van der Waals surface area contributed by atoms with Crippen LogP contribution in [0.5, 0.6) is 0 Å². The van der Waals surface area contributed by atoms with Crippen LogP contribution in [0.1, 0.15) is 5.82 Å². The summed E-state index contributed by atoms with van der Waals surface area (Å²) in [6.45, 7) is 1.89. The van der Waals surface area contributed by atoms with Gasteiger partial charge in [-0.25, -0.2) is 15.0 Å². The van der Waals surface area contributed by atoms with Gasteiger partial charge < -0.3 is 0 Å². The Morgan fingerprint density at radius 3 is 1.96 bits per heavy atom. The Morgan fingerprint density at radius 2 is 1.20 bits per heavy atom. The molecule has 0 amide bonds. The van der Waals surface area contributed by atoms with Crippen LogP contribution in [-0.4, -0.2) is 19.9 Å². The highest BCUT2D eigenvalue weighted by Gasteiger charge is 2.09. The van der Waals surface area contributed by atoms with Crippen molar-refractivity contribution in [3.8, 4) is 33.9 Å². The molecule has 2 aromatic heterocycles. The van der Waals surface area contributed by atoms with Crippen LogP contribution in [-0.2, 0) is 0 Å². The van der Waals surface area contributed by atoms with Gasteiger partial charge in [-0.05, 0) is 36.2 Å². The van der Waals surface area contributed by atoms with E-state index in [1.165, 1.54) is 5.56 Å². The molecule has 4 rings (SSSR count). The van der Waals surface area contributed by atoms with Crippen molar-refractivity contribution in [3.05, 3.63) is 84.9 Å². The molecule has 0 unspecified atom stereocenters. The second-order valence-corrected chi connectivity index (χ2v) is 5.71. The minimum Gasteiger partial charge on any atom is -0.265 e. The summed E-state index contributed by atoms with van der Waals surface area (Å²) in [7, 11) is 0. The summed E-state index contributed by atoms with van der Waals surface area (Å²) >= 11 is 0. The van der Waals surface area contributed by atoms with Gasteiger partial charge in [-0.2, -0.15) is 0 Å². The predicted octanol–water partition coefficient (Wildman–Crippen LogP) is 4.58. The Balaban J connectivity index is 1.79. The number of pyridine rings is 1. The maximum Gasteiger partial charge on any atom is 0.163 e. The fourth-order valence-electron chi connectivity index (χ4n) is 2.71. The first kappa shape index (κ1) is 15.1. The third-order valence-corrected chi connectivity index (χ3v) is 3.91. The van der Waals surface area contributed by atoms with Crippen molar-refractivity contribution in [1.29, 1.82) is 0 Å². The molecule has 0 N–H and O–H groups in total. The van der Waals surface area contributed by atoms with Crippen LogP contribution >= 0.6 is 0 Å². The molecule has 4 heteroatoms. The highest BCUT2D eigenvalue weighted by molar-refractivity contribution is 5.70. The fraction of sp³-hybridized carbons (Fsp3) is 0.0476. The Morgan fingerprint density at radius 1 is 0.560 bits per heavy atom. The molecule has 0 saturated carbocycles. The van der Waals surface area contributed by atoms with Crippen LogP contribution in [0, 0.1) is 6.92 Å². The largest absolute Gasteiger partial charge is 0.265 e. The number of hydrogen-bond donors (Lipinski definition) is 0. The zero-order valence-electron chi connectivity index (χ0n) is 13.8. The lowest BCUT2D eigenvalue weighted by Crippen LogP contribution is -1.99. The van der Waals surface area contributed by atoms with Crippen molar-refractivity contribution in [2.45, 2.75) is 6.92 Å². The molecule has 0 spiro atoms. The first-order valence-electron chi connectivity index (χ1n) is 8.08. The van der Waals surface area contributed by atoms with Crippen LogP contribution in [0.15, 0.2) is 79.1 Å². The SMILES string of the molecule is Cc1nc(-c2ccncc2)nc(-c2cccc(-c3ccccc3)c2)n1. The number of aryl methyl sites for hydroxylation is 1. The van der Waals surface area contributed by atoms with E-state index in [2.05, 4.69) is 44.2 Å². The van der Waals surface area contributed by atoms with Gasteiger partial charge in [-0.15, -0.1) is 0 Å². The van der Waals surface area contributed by atoms with Gasteiger partial charge in [0, 0.05) is 23.5 Å². The Hall–Kier alpha value is -3.40. The van der Waals surface area contributed by atoms with Gasteiger partial charge in [-0.3, -0.25) is 4.98 Å². The molecule has 120 valence electrons. The molecule has 0 aliphatic rings. The molecule has 2 aromatic carbocycles. The van der Waals surface area contributed by atoms with Crippen LogP contribution < -0.4 is 0 Å². The zero-order chi connectivity index (χ0) is 17.1. The predicted molar refractivity (Wildman–Crippen MR) is 98.7 cm³/mol. The number of hydrogen-bond acceptors (Lipinski definition) is 4. The van der Waals surface area contributed by atoms with E-state index in [4.69, 9.17) is 0 Å². The molecule has 0 atom stereocenters. The molecule has 0 fully saturated rings. The summed E-state index contributed by atoms with van der Waals surface area (Å²) in [5.74, 6) is 2.04.